The third kappa shape index (κ3) is 0.708. The van der Waals surface area contributed by atoms with Crippen LogP contribution in [0.25, 0.3) is 0 Å². The Balaban J connectivity index is 2.40. The summed E-state index contributed by atoms with van der Waals surface area (Å²) in [6, 6.07) is 0.102. The third-order valence-electron chi connectivity index (χ3n) is 1.45. The van der Waals surface area contributed by atoms with Crippen LogP contribution in [0.3, 0.4) is 0 Å². The van der Waals surface area contributed by atoms with Gasteiger partial charge in [0.25, 0.3) is 0 Å². The molecule has 3 heteroatoms. The van der Waals surface area contributed by atoms with Gasteiger partial charge in [0.1, 0.15) is 11.9 Å². The van der Waals surface area contributed by atoms with Crippen molar-refractivity contribution in [2.45, 2.75) is 13.0 Å². The highest BCUT2D eigenvalue weighted by Gasteiger charge is 2.18. The van der Waals surface area contributed by atoms with Crippen molar-refractivity contribution in [1.82, 2.24) is 0 Å². The summed E-state index contributed by atoms with van der Waals surface area (Å²) in [5.41, 5.74) is 0. The SMILES string of the molecule is CC1=NC2C=CC=NC2=N1. The van der Waals surface area contributed by atoms with Crippen molar-refractivity contribution >= 4 is 17.9 Å². The van der Waals surface area contributed by atoms with E-state index in [1.165, 1.54) is 0 Å². The second kappa shape index (κ2) is 1.87. The van der Waals surface area contributed by atoms with E-state index in [0.717, 1.165) is 11.7 Å². The van der Waals surface area contributed by atoms with E-state index in [4.69, 9.17) is 0 Å². The maximum Gasteiger partial charge on any atom is 0.158 e. The van der Waals surface area contributed by atoms with Gasteiger partial charge in [-0.25, -0.2) is 9.98 Å². The molecule has 2 rings (SSSR count). The zero-order chi connectivity index (χ0) is 6.97. The fourth-order valence-electron chi connectivity index (χ4n) is 1.03. The Kier molecular flexibility index (Phi) is 1.03. The van der Waals surface area contributed by atoms with Crippen molar-refractivity contribution in [1.29, 1.82) is 0 Å². The van der Waals surface area contributed by atoms with Crippen molar-refractivity contribution in [3.05, 3.63) is 12.2 Å². The minimum absolute atomic E-state index is 0.102. The molecular formula is C7H7N3. The van der Waals surface area contributed by atoms with Gasteiger partial charge in [-0.1, -0.05) is 6.08 Å². The van der Waals surface area contributed by atoms with Crippen LogP contribution in [-0.4, -0.2) is 23.9 Å². The van der Waals surface area contributed by atoms with Gasteiger partial charge in [0.15, 0.2) is 5.84 Å². The fourth-order valence-corrected chi connectivity index (χ4v) is 1.03. The largest absolute Gasteiger partial charge is 0.255 e. The molecule has 1 atom stereocenters. The summed E-state index contributed by atoms with van der Waals surface area (Å²) in [6.07, 6.45) is 5.62. The maximum absolute atomic E-state index is 4.22. The fraction of sp³-hybridized carbons (Fsp3) is 0.286. The van der Waals surface area contributed by atoms with E-state index in [0.29, 0.717) is 0 Å². The van der Waals surface area contributed by atoms with Gasteiger partial charge in [-0.3, -0.25) is 4.99 Å². The molecule has 2 heterocycles. The molecule has 50 valence electrons. The maximum atomic E-state index is 4.22. The zero-order valence-corrected chi connectivity index (χ0v) is 5.65. The minimum atomic E-state index is 0.102. The van der Waals surface area contributed by atoms with Crippen LogP contribution >= 0.6 is 0 Å². The van der Waals surface area contributed by atoms with Gasteiger partial charge >= 0.3 is 0 Å². The van der Waals surface area contributed by atoms with Gasteiger partial charge in [0, 0.05) is 6.21 Å². The number of hydrogen-bond acceptors (Lipinski definition) is 3. The Morgan fingerprint density at radius 3 is 3.20 bits per heavy atom. The van der Waals surface area contributed by atoms with Crippen LogP contribution in [0.4, 0.5) is 0 Å². The highest BCUT2D eigenvalue weighted by molar-refractivity contribution is 6.09. The number of hydrogen-bond donors (Lipinski definition) is 0. The Bertz CT molecular complexity index is 271. The minimum Gasteiger partial charge on any atom is -0.255 e. The van der Waals surface area contributed by atoms with Gasteiger partial charge in [0.2, 0.25) is 0 Å². The Labute approximate surface area is 58.9 Å². The van der Waals surface area contributed by atoms with Crippen LogP contribution in [-0.2, 0) is 0 Å². The number of rotatable bonds is 0. The second-order valence-corrected chi connectivity index (χ2v) is 2.25. The average molecular weight is 133 g/mol. The van der Waals surface area contributed by atoms with E-state index in [2.05, 4.69) is 15.0 Å². The van der Waals surface area contributed by atoms with E-state index in [1.54, 1.807) is 6.21 Å². The van der Waals surface area contributed by atoms with Crippen LogP contribution in [0.15, 0.2) is 27.1 Å². The molecule has 2 aliphatic heterocycles. The van der Waals surface area contributed by atoms with Crippen LogP contribution in [0.2, 0.25) is 0 Å². The van der Waals surface area contributed by atoms with Crippen LogP contribution in [0.1, 0.15) is 6.92 Å². The predicted octanol–water partition coefficient (Wildman–Crippen LogP) is 0.826. The van der Waals surface area contributed by atoms with Gasteiger partial charge in [-0.2, -0.15) is 0 Å². The Morgan fingerprint density at radius 1 is 1.50 bits per heavy atom. The monoisotopic (exact) mass is 133 g/mol. The van der Waals surface area contributed by atoms with E-state index in [1.807, 2.05) is 19.1 Å². The normalized spacial score (nSPS) is 27.9. The molecule has 1 unspecified atom stereocenters. The standard InChI is InChI=1S/C7H7N3/c1-5-9-6-3-2-4-8-7(6)10-5/h2-4,6H,1H3. The molecule has 0 saturated heterocycles. The number of dihydropyridines is 1. The Morgan fingerprint density at radius 2 is 2.40 bits per heavy atom. The number of allylic oxidation sites excluding steroid dienone is 1. The molecule has 0 aromatic carbocycles. The lowest BCUT2D eigenvalue weighted by Crippen LogP contribution is -2.12. The highest BCUT2D eigenvalue weighted by Crippen LogP contribution is 2.10. The molecule has 0 saturated carbocycles. The van der Waals surface area contributed by atoms with E-state index >= 15 is 0 Å². The highest BCUT2D eigenvalue weighted by atomic mass is 15.1. The molecule has 2 aliphatic rings. The van der Waals surface area contributed by atoms with Gasteiger partial charge in [-0.05, 0) is 13.0 Å². The van der Waals surface area contributed by atoms with Crippen molar-refractivity contribution in [3.63, 3.8) is 0 Å². The number of aliphatic imine (C=N–C) groups is 3. The molecule has 0 aliphatic carbocycles. The molecule has 0 amide bonds. The molecule has 0 aromatic rings. The summed E-state index contributed by atoms with van der Waals surface area (Å²) in [5, 5.41) is 0. The van der Waals surface area contributed by atoms with Crippen LogP contribution in [0, 0.1) is 0 Å². The lowest BCUT2D eigenvalue weighted by atomic mass is 10.2. The molecule has 10 heavy (non-hydrogen) atoms. The summed E-state index contributed by atoms with van der Waals surface area (Å²) >= 11 is 0. The average Bonchev–Trinajstić information content (AvgIpc) is 2.27. The third-order valence-corrected chi connectivity index (χ3v) is 1.45. The van der Waals surface area contributed by atoms with Gasteiger partial charge in [-0.15, -0.1) is 0 Å². The summed E-state index contributed by atoms with van der Waals surface area (Å²) in [6.45, 7) is 1.88. The summed E-state index contributed by atoms with van der Waals surface area (Å²) in [4.78, 5) is 12.4. The first-order chi connectivity index (χ1) is 4.86. The molecule has 0 radical (unpaired) electrons. The van der Waals surface area contributed by atoms with Crippen molar-refractivity contribution in [3.8, 4) is 0 Å². The lowest BCUT2D eigenvalue weighted by molar-refractivity contribution is 1.09. The lowest BCUT2D eigenvalue weighted by Gasteiger charge is -2.02. The zero-order valence-electron chi connectivity index (χ0n) is 5.65. The predicted molar refractivity (Wildman–Crippen MR) is 42.0 cm³/mol. The molecule has 0 spiro atoms. The van der Waals surface area contributed by atoms with Gasteiger partial charge in [0.05, 0.1) is 0 Å². The molecule has 0 N–H and O–H groups in total. The smallest absolute Gasteiger partial charge is 0.158 e. The quantitative estimate of drug-likeness (QED) is 0.469. The molecule has 0 aromatic heterocycles. The summed E-state index contributed by atoms with van der Waals surface area (Å²) in [7, 11) is 0. The first-order valence-corrected chi connectivity index (χ1v) is 3.20. The van der Waals surface area contributed by atoms with Crippen LogP contribution in [0.5, 0.6) is 0 Å². The molecular weight excluding hydrogens is 126 g/mol. The Hall–Kier alpha value is -1.25. The first kappa shape index (κ1) is 5.53. The van der Waals surface area contributed by atoms with Crippen LogP contribution < -0.4 is 0 Å². The van der Waals surface area contributed by atoms with E-state index in [-0.39, 0.29) is 6.04 Å². The summed E-state index contributed by atoms with van der Waals surface area (Å²) < 4.78 is 0. The molecule has 3 nitrogen and oxygen atoms in total. The molecule has 0 bridgehead atoms. The number of nitrogens with zero attached hydrogens (tertiary/aromatic N) is 3. The topological polar surface area (TPSA) is 37.1 Å². The number of amidine groups is 2. The summed E-state index contributed by atoms with van der Waals surface area (Å²) in [5.74, 6) is 1.64. The van der Waals surface area contributed by atoms with E-state index in [9.17, 15) is 0 Å². The molecule has 0 fully saturated rings. The van der Waals surface area contributed by atoms with Crippen molar-refractivity contribution in [2.75, 3.05) is 0 Å². The van der Waals surface area contributed by atoms with Crippen molar-refractivity contribution in [2.24, 2.45) is 15.0 Å². The number of fused-ring (bicyclic) bond motifs is 1. The first-order valence-electron chi connectivity index (χ1n) is 3.20. The second-order valence-electron chi connectivity index (χ2n) is 2.25. The van der Waals surface area contributed by atoms with Crippen molar-refractivity contribution < 1.29 is 0 Å². The van der Waals surface area contributed by atoms with E-state index < -0.39 is 0 Å². The van der Waals surface area contributed by atoms with Gasteiger partial charge < -0.3 is 0 Å².